The Morgan fingerprint density at radius 2 is 1.78 bits per heavy atom. The van der Waals surface area contributed by atoms with E-state index >= 15 is 0 Å². The molecule has 0 bridgehead atoms. The molecule has 0 aromatic heterocycles. The number of ether oxygens (including phenoxy) is 1. The fourth-order valence-corrected chi connectivity index (χ4v) is 2.69. The summed E-state index contributed by atoms with van der Waals surface area (Å²) in [4.78, 5) is 24.7. The van der Waals surface area contributed by atoms with E-state index in [9.17, 15) is 9.59 Å². The van der Waals surface area contributed by atoms with Crippen LogP contribution in [0.15, 0.2) is 59.2 Å². The summed E-state index contributed by atoms with van der Waals surface area (Å²) in [7, 11) is 1.30. The summed E-state index contributed by atoms with van der Waals surface area (Å²) in [6.07, 6.45) is 8.89. The van der Waals surface area contributed by atoms with Crippen LogP contribution in [0.2, 0.25) is 0 Å². The third-order valence-corrected chi connectivity index (χ3v) is 4.02. The van der Waals surface area contributed by atoms with Gasteiger partial charge >= 0.3 is 5.97 Å². The number of hydrogen-bond acceptors (Lipinski definition) is 3. The quantitative estimate of drug-likeness (QED) is 0.268. The largest absolute Gasteiger partial charge is 0.465 e. The molecule has 3 nitrogen and oxygen atoms in total. The van der Waals surface area contributed by atoms with E-state index in [1.165, 1.54) is 7.11 Å². The van der Waals surface area contributed by atoms with E-state index in [0.29, 0.717) is 0 Å². The molecule has 3 heteroatoms. The summed E-state index contributed by atoms with van der Waals surface area (Å²) in [5.41, 5.74) is 2.95. The van der Waals surface area contributed by atoms with Crippen molar-refractivity contribution in [3.63, 3.8) is 0 Å². The first-order valence-corrected chi connectivity index (χ1v) is 7.88. The normalized spacial score (nSPS) is 15.8. The van der Waals surface area contributed by atoms with E-state index in [-0.39, 0.29) is 11.4 Å². The monoisotopic (exact) mass is 310 g/mol. The van der Waals surface area contributed by atoms with Gasteiger partial charge in [-0.2, -0.15) is 0 Å². The molecule has 1 aliphatic rings. The number of benzene rings is 1. The zero-order valence-electron chi connectivity index (χ0n) is 13.7. The van der Waals surface area contributed by atoms with Gasteiger partial charge in [0.2, 0.25) is 0 Å². The van der Waals surface area contributed by atoms with Crippen molar-refractivity contribution >= 4 is 17.8 Å². The molecular formula is C20H22O3. The molecule has 0 spiro atoms. The van der Waals surface area contributed by atoms with Crippen molar-refractivity contribution in [2.45, 2.75) is 32.6 Å². The Morgan fingerprint density at radius 3 is 2.43 bits per heavy atom. The summed E-state index contributed by atoms with van der Waals surface area (Å²) in [5, 5.41) is 0. The number of allylic oxidation sites excluding steroid dienone is 4. The van der Waals surface area contributed by atoms with Crippen molar-refractivity contribution < 1.29 is 14.3 Å². The standard InChI is InChI=1S/C20H22O3/c1-15-9-6-7-13-17(15)19(21)18(20(22)23-2)14-8-12-16-10-4-3-5-11-16/h3-5,8,10-12,14H,6-7,9,13H2,1-2H3/b12-8+,18-14-. The number of esters is 1. The second-order valence-corrected chi connectivity index (χ2v) is 5.64. The fourth-order valence-electron chi connectivity index (χ4n) is 2.69. The highest BCUT2D eigenvalue weighted by atomic mass is 16.5. The molecular weight excluding hydrogens is 288 g/mol. The third-order valence-electron chi connectivity index (χ3n) is 4.02. The van der Waals surface area contributed by atoms with Crippen molar-refractivity contribution in [2.24, 2.45) is 0 Å². The maximum absolute atomic E-state index is 12.7. The van der Waals surface area contributed by atoms with E-state index < -0.39 is 5.97 Å². The van der Waals surface area contributed by atoms with Crippen LogP contribution in [0.1, 0.15) is 38.2 Å². The van der Waals surface area contributed by atoms with Gasteiger partial charge in [-0.3, -0.25) is 4.79 Å². The van der Waals surface area contributed by atoms with E-state index in [1.54, 1.807) is 12.2 Å². The Morgan fingerprint density at radius 1 is 1.09 bits per heavy atom. The van der Waals surface area contributed by atoms with Crippen LogP contribution in [-0.2, 0) is 14.3 Å². The number of carbonyl (C=O) groups is 2. The second kappa shape index (κ2) is 8.28. The van der Waals surface area contributed by atoms with Gasteiger partial charge in [0, 0.05) is 0 Å². The Bertz CT molecular complexity index is 663. The Balaban J connectivity index is 2.26. The second-order valence-electron chi connectivity index (χ2n) is 5.64. The molecule has 1 aromatic rings. The van der Waals surface area contributed by atoms with Gasteiger partial charge in [-0.25, -0.2) is 4.79 Å². The molecule has 0 aliphatic heterocycles. The molecule has 0 heterocycles. The number of ketones is 1. The zero-order valence-corrected chi connectivity index (χ0v) is 13.7. The lowest BCUT2D eigenvalue weighted by atomic mass is 9.87. The van der Waals surface area contributed by atoms with E-state index in [4.69, 9.17) is 4.74 Å². The maximum atomic E-state index is 12.7. The number of carbonyl (C=O) groups excluding carboxylic acids is 2. The minimum Gasteiger partial charge on any atom is -0.465 e. The minimum atomic E-state index is -0.585. The summed E-state index contributed by atoms with van der Waals surface area (Å²) < 4.78 is 4.78. The Labute approximate surface area is 137 Å². The first kappa shape index (κ1) is 16.9. The van der Waals surface area contributed by atoms with Gasteiger partial charge in [0.15, 0.2) is 5.78 Å². The predicted octanol–water partition coefficient (Wildman–Crippen LogP) is 4.26. The molecule has 1 aromatic carbocycles. The molecule has 2 rings (SSSR count). The topological polar surface area (TPSA) is 43.4 Å². The third kappa shape index (κ3) is 4.52. The highest BCUT2D eigenvalue weighted by Gasteiger charge is 2.24. The van der Waals surface area contributed by atoms with Crippen LogP contribution in [0.25, 0.3) is 6.08 Å². The number of Topliss-reactive ketones (excluding diaryl/α,β-unsaturated/α-hetero) is 1. The Kier molecular flexibility index (Phi) is 6.10. The molecule has 0 radical (unpaired) electrons. The van der Waals surface area contributed by atoms with Crippen LogP contribution in [0, 0.1) is 0 Å². The van der Waals surface area contributed by atoms with Crippen LogP contribution < -0.4 is 0 Å². The van der Waals surface area contributed by atoms with Crippen molar-refractivity contribution in [2.75, 3.05) is 7.11 Å². The summed E-state index contributed by atoms with van der Waals surface area (Å²) in [6, 6.07) is 9.72. The van der Waals surface area contributed by atoms with Gasteiger partial charge in [0.05, 0.1) is 7.11 Å². The molecule has 0 unspecified atom stereocenters. The van der Waals surface area contributed by atoms with E-state index in [1.807, 2.05) is 43.3 Å². The van der Waals surface area contributed by atoms with Gasteiger partial charge in [0.1, 0.15) is 5.57 Å². The van der Waals surface area contributed by atoms with Crippen molar-refractivity contribution in [1.29, 1.82) is 0 Å². The SMILES string of the molecule is COC(=O)/C(=C\C=C\c1ccccc1)C(=O)C1=C(C)CCCC1. The van der Waals surface area contributed by atoms with Crippen LogP contribution >= 0.6 is 0 Å². The first-order chi connectivity index (χ1) is 11.1. The van der Waals surface area contributed by atoms with Crippen molar-refractivity contribution in [3.05, 3.63) is 64.8 Å². The maximum Gasteiger partial charge on any atom is 0.341 e. The lowest BCUT2D eigenvalue weighted by molar-refractivity contribution is -0.137. The highest BCUT2D eigenvalue weighted by molar-refractivity contribution is 6.24. The van der Waals surface area contributed by atoms with Crippen LogP contribution in [0.4, 0.5) is 0 Å². The molecule has 0 fully saturated rings. The number of hydrogen-bond donors (Lipinski definition) is 0. The van der Waals surface area contributed by atoms with Gasteiger partial charge in [-0.15, -0.1) is 0 Å². The molecule has 1 aliphatic carbocycles. The first-order valence-electron chi connectivity index (χ1n) is 7.88. The van der Waals surface area contributed by atoms with Crippen molar-refractivity contribution in [1.82, 2.24) is 0 Å². The van der Waals surface area contributed by atoms with Crippen molar-refractivity contribution in [3.8, 4) is 0 Å². The average Bonchev–Trinajstić information content (AvgIpc) is 2.59. The molecule has 0 N–H and O–H groups in total. The molecule has 120 valence electrons. The van der Waals surface area contributed by atoms with Gasteiger partial charge in [-0.1, -0.05) is 48.1 Å². The van der Waals surface area contributed by atoms with Gasteiger partial charge in [0.25, 0.3) is 0 Å². The minimum absolute atomic E-state index is 0.0935. The van der Waals surface area contributed by atoms with E-state index in [0.717, 1.165) is 42.4 Å². The van der Waals surface area contributed by atoms with Gasteiger partial charge < -0.3 is 4.74 Å². The summed E-state index contributed by atoms with van der Waals surface area (Å²) in [5.74, 6) is -0.787. The number of rotatable bonds is 5. The van der Waals surface area contributed by atoms with Crippen LogP contribution in [0.3, 0.4) is 0 Å². The fraction of sp³-hybridized carbons (Fsp3) is 0.300. The molecule has 0 amide bonds. The van der Waals surface area contributed by atoms with Crippen LogP contribution in [0.5, 0.6) is 0 Å². The van der Waals surface area contributed by atoms with Gasteiger partial charge in [-0.05, 0) is 49.8 Å². The lowest BCUT2D eigenvalue weighted by Crippen LogP contribution is -2.18. The molecule has 0 saturated carbocycles. The predicted molar refractivity (Wildman–Crippen MR) is 91.8 cm³/mol. The average molecular weight is 310 g/mol. The summed E-state index contributed by atoms with van der Waals surface area (Å²) >= 11 is 0. The molecule has 23 heavy (non-hydrogen) atoms. The highest BCUT2D eigenvalue weighted by Crippen LogP contribution is 2.27. The Hall–Kier alpha value is -2.42. The van der Waals surface area contributed by atoms with Crippen LogP contribution in [-0.4, -0.2) is 18.9 Å². The summed E-state index contributed by atoms with van der Waals surface area (Å²) in [6.45, 7) is 1.97. The number of methoxy groups -OCH3 is 1. The van der Waals surface area contributed by atoms with E-state index in [2.05, 4.69) is 0 Å². The lowest BCUT2D eigenvalue weighted by Gasteiger charge is -2.17. The smallest absolute Gasteiger partial charge is 0.341 e. The zero-order chi connectivity index (χ0) is 16.7. The molecule has 0 saturated heterocycles. The molecule has 0 atom stereocenters.